The quantitative estimate of drug-likeness (QED) is 0.545. The van der Waals surface area contributed by atoms with Crippen molar-refractivity contribution in [1.29, 1.82) is 0 Å². The molecule has 0 bridgehead atoms. The van der Waals surface area contributed by atoms with Crippen molar-refractivity contribution < 1.29 is 0 Å². The molecule has 0 aliphatic heterocycles. The maximum Gasteiger partial charge on any atom is 0.0938 e. The van der Waals surface area contributed by atoms with Crippen molar-refractivity contribution in [3.8, 4) is 0 Å². The van der Waals surface area contributed by atoms with Crippen molar-refractivity contribution >= 4 is 54.5 Å². The number of aromatic nitrogens is 2. The van der Waals surface area contributed by atoms with E-state index in [0.717, 1.165) is 51.7 Å². The Hall–Kier alpha value is -2.18. The summed E-state index contributed by atoms with van der Waals surface area (Å²) in [6.07, 6.45) is 2.99. The molecular weight excluding hydrogens is 324 g/mol. The van der Waals surface area contributed by atoms with Gasteiger partial charge in [0.15, 0.2) is 0 Å². The van der Waals surface area contributed by atoms with Gasteiger partial charge < -0.3 is 11.5 Å². The first-order valence-corrected chi connectivity index (χ1v) is 9.10. The van der Waals surface area contributed by atoms with Gasteiger partial charge in [-0.25, -0.2) is 9.97 Å². The summed E-state index contributed by atoms with van der Waals surface area (Å²) in [6, 6.07) is 11.8. The molecule has 2 heterocycles. The minimum atomic E-state index is 0.767. The average Bonchev–Trinajstić information content (AvgIpc) is 3.09. The molecule has 116 valence electrons. The van der Waals surface area contributed by atoms with Crippen LogP contribution in [0.4, 0.5) is 11.4 Å². The fraction of sp³-hybridized carbons (Fsp3) is 0.176. The van der Waals surface area contributed by atoms with Gasteiger partial charge in [-0.2, -0.15) is 0 Å². The van der Waals surface area contributed by atoms with Crippen LogP contribution in [0.25, 0.3) is 20.4 Å². The number of aryl methyl sites for hydroxylation is 2. The van der Waals surface area contributed by atoms with Gasteiger partial charge in [0, 0.05) is 11.4 Å². The highest BCUT2D eigenvalue weighted by Gasteiger charge is 2.07. The number of rotatable bonds is 4. The van der Waals surface area contributed by atoms with Crippen LogP contribution >= 0.6 is 22.7 Å². The van der Waals surface area contributed by atoms with Gasteiger partial charge >= 0.3 is 0 Å². The summed E-state index contributed by atoms with van der Waals surface area (Å²) in [5, 5.41) is 2.33. The molecule has 0 saturated heterocycles. The number of nitrogens with two attached hydrogens (primary N) is 2. The van der Waals surface area contributed by atoms with Gasteiger partial charge in [-0.05, 0) is 55.7 Å². The lowest BCUT2D eigenvalue weighted by Gasteiger charge is -1.94. The largest absolute Gasteiger partial charge is 0.399 e. The summed E-state index contributed by atoms with van der Waals surface area (Å²) in [7, 11) is 0. The topological polar surface area (TPSA) is 77.8 Å². The molecule has 0 fully saturated rings. The molecule has 4 rings (SSSR count). The molecule has 4 aromatic rings. The maximum atomic E-state index is 5.81. The van der Waals surface area contributed by atoms with Gasteiger partial charge in [0.2, 0.25) is 0 Å². The first-order chi connectivity index (χ1) is 11.2. The normalized spacial score (nSPS) is 11.5. The summed E-state index contributed by atoms with van der Waals surface area (Å²) in [4.78, 5) is 9.33. The summed E-state index contributed by atoms with van der Waals surface area (Å²) in [5.41, 5.74) is 15.1. The fourth-order valence-corrected chi connectivity index (χ4v) is 4.57. The van der Waals surface area contributed by atoms with Crippen molar-refractivity contribution in [2.24, 2.45) is 0 Å². The van der Waals surface area contributed by atoms with E-state index in [0.29, 0.717) is 0 Å². The Morgan fingerprint density at radius 3 is 1.70 bits per heavy atom. The van der Waals surface area contributed by atoms with Crippen LogP contribution in [0.1, 0.15) is 16.4 Å². The zero-order chi connectivity index (χ0) is 15.8. The van der Waals surface area contributed by atoms with Crippen LogP contribution in [0, 0.1) is 0 Å². The summed E-state index contributed by atoms with van der Waals surface area (Å²) in [6.45, 7) is 0. The Balaban J connectivity index is 1.45. The second kappa shape index (κ2) is 5.79. The number of nitrogen functional groups attached to an aromatic ring is 2. The van der Waals surface area contributed by atoms with Crippen molar-refractivity contribution in [2.45, 2.75) is 19.3 Å². The van der Waals surface area contributed by atoms with Gasteiger partial charge in [-0.1, -0.05) is 0 Å². The second-order valence-corrected chi connectivity index (χ2v) is 7.75. The maximum absolute atomic E-state index is 5.81. The van der Waals surface area contributed by atoms with Gasteiger partial charge in [-0.3, -0.25) is 0 Å². The number of thiazole rings is 2. The molecule has 0 unspecified atom stereocenters. The monoisotopic (exact) mass is 340 g/mol. The van der Waals surface area contributed by atoms with E-state index in [9.17, 15) is 0 Å². The number of benzene rings is 2. The van der Waals surface area contributed by atoms with E-state index in [1.54, 1.807) is 22.7 Å². The number of hydrogen-bond acceptors (Lipinski definition) is 6. The Morgan fingerprint density at radius 1 is 0.739 bits per heavy atom. The van der Waals surface area contributed by atoms with E-state index < -0.39 is 0 Å². The predicted molar refractivity (Wildman–Crippen MR) is 100 cm³/mol. The molecule has 6 heteroatoms. The first kappa shape index (κ1) is 14.4. The molecule has 2 aromatic carbocycles. The van der Waals surface area contributed by atoms with E-state index in [4.69, 9.17) is 11.5 Å². The zero-order valence-corrected chi connectivity index (χ0v) is 14.1. The van der Waals surface area contributed by atoms with Crippen LogP contribution in [0.2, 0.25) is 0 Å². The van der Waals surface area contributed by atoms with E-state index in [2.05, 4.69) is 9.97 Å². The highest BCUT2D eigenvalue weighted by molar-refractivity contribution is 7.18. The van der Waals surface area contributed by atoms with E-state index >= 15 is 0 Å². The van der Waals surface area contributed by atoms with Crippen molar-refractivity contribution in [3.05, 3.63) is 46.4 Å². The average molecular weight is 340 g/mol. The Labute approximate surface area is 141 Å². The van der Waals surface area contributed by atoms with Crippen molar-refractivity contribution in [3.63, 3.8) is 0 Å². The van der Waals surface area contributed by atoms with E-state index in [1.165, 1.54) is 9.40 Å². The van der Waals surface area contributed by atoms with E-state index in [1.807, 2.05) is 36.4 Å². The summed E-state index contributed by atoms with van der Waals surface area (Å²) in [5.74, 6) is 0. The SMILES string of the molecule is Nc1ccc2sc(CCCc3nc4cc(N)ccc4s3)nc2c1. The van der Waals surface area contributed by atoms with Gasteiger partial charge in [0.1, 0.15) is 0 Å². The Bertz CT molecular complexity index is 907. The number of fused-ring (bicyclic) bond motifs is 2. The van der Waals surface area contributed by atoms with Crippen LogP contribution < -0.4 is 11.5 Å². The van der Waals surface area contributed by atoms with Crippen LogP contribution in [-0.4, -0.2) is 9.97 Å². The smallest absolute Gasteiger partial charge is 0.0938 e. The molecule has 0 aliphatic rings. The Morgan fingerprint density at radius 2 is 1.22 bits per heavy atom. The minimum absolute atomic E-state index is 0.767. The number of anilines is 2. The zero-order valence-electron chi connectivity index (χ0n) is 12.5. The molecule has 0 aliphatic carbocycles. The highest BCUT2D eigenvalue weighted by Crippen LogP contribution is 2.27. The molecule has 0 amide bonds. The van der Waals surface area contributed by atoms with Gasteiger partial charge in [0.05, 0.1) is 30.4 Å². The lowest BCUT2D eigenvalue weighted by Crippen LogP contribution is -1.89. The fourth-order valence-electron chi connectivity index (χ4n) is 2.59. The van der Waals surface area contributed by atoms with Gasteiger partial charge in [-0.15, -0.1) is 22.7 Å². The Kier molecular flexibility index (Phi) is 3.63. The molecule has 0 radical (unpaired) electrons. The first-order valence-electron chi connectivity index (χ1n) is 7.47. The van der Waals surface area contributed by atoms with E-state index in [-0.39, 0.29) is 0 Å². The standard InChI is InChI=1S/C17H16N4S2/c18-10-4-6-14-12(8-10)20-16(22-14)2-1-3-17-21-13-9-11(19)5-7-15(13)23-17/h4-9H,1-3,18-19H2. The number of hydrogen-bond donors (Lipinski definition) is 2. The van der Waals surface area contributed by atoms with Crippen molar-refractivity contribution in [2.75, 3.05) is 11.5 Å². The lowest BCUT2D eigenvalue weighted by molar-refractivity contribution is 0.812. The molecule has 0 saturated carbocycles. The predicted octanol–water partition coefficient (Wildman–Crippen LogP) is 4.25. The van der Waals surface area contributed by atoms with Crippen LogP contribution in [0.3, 0.4) is 0 Å². The highest BCUT2D eigenvalue weighted by atomic mass is 32.1. The third-order valence-corrected chi connectivity index (χ3v) is 5.89. The molecule has 23 heavy (non-hydrogen) atoms. The van der Waals surface area contributed by atoms with Crippen LogP contribution in [-0.2, 0) is 12.8 Å². The molecule has 4 N–H and O–H groups in total. The molecular formula is C17H16N4S2. The van der Waals surface area contributed by atoms with Gasteiger partial charge in [0.25, 0.3) is 0 Å². The minimum Gasteiger partial charge on any atom is -0.399 e. The molecule has 2 aromatic heterocycles. The van der Waals surface area contributed by atoms with Crippen LogP contribution in [0.15, 0.2) is 36.4 Å². The summed E-state index contributed by atoms with van der Waals surface area (Å²) < 4.78 is 2.40. The number of nitrogens with zero attached hydrogens (tertiary/aromatic N) is 2. The second-order valence-electron chi connectivity index (χ2n) is 5.52. The third kappa shape index (κ3) is 3.00. The van der Waals surface area contributed by atoms with Crippen molar-refractivity contribution in [1.82, 2.24) is 9.97 Å². The molecule has 4 nitrogen and oxygen atoms in total. The molecule has 0 atom stereocenters. The van der Waals surface area contributed by atoms with Crippen LogP contribution in [0.5, 0.6) is 0 Å². The summed E-state index contributed by atoms with van der Waals surface area (Å²) >= 11 is 3.50. The molecule has 0 spiro atoms. The lowest BCUT2D eigenvalue weighted by atomic mass is 10.2. The third-order valence-electron chi connectivity index (χ3n) is 3.69.